The van der Waals surface area contributed by atoms with Gasteiger partial charge >= 0.3 is 5.97 Å². The number of sulfonamides is 1. The SMILES string of the molecule is COC(=O)C1(NC(=O)c2cccc(S(=O)(=O)N3CCN(C(C)=O)CC3)c2)CCCC1. The van der Waals surface area contributed by atoms with Crippen LogP contribution >= 0.6 is 0 Å². The Hall–Kier alpha value is -2.46. The predicted molar refractivity (Wildman–Crippen MR) is 108 cm³/mol. The van der Waals surface area contributed by atoms with Gasteiger partial charge in [-0.2, -0.15) is 4.31 Å². The Bertz CT molecular complexity index is 932. The van der Waals surface area contributed by atoms with E-state index in [1.54, 1.807) is 4.90 Å². The van der Waals surface area contributed by atoms with Crippen molar-refractivity contribution in [2.45, 2.75) is 43.0 Å². The van der Waals surface area contributed by atoms with Crippen LogP contribution in [0.3, 0.4) is 0 Å². The number of benzene rings is 1. The number of nitrogens with one attached hydrogen (secondary N) is 1. The van der Waals surface area contributed by atoms with Crippen LogP contribution in [0.5, 0.6) is 0 Å². The maximum Gasteiger partial charge on any atom is 0.331 e. The van der Waals surface area contributed by atoms with Crippen LogP contribution in [-0.2, 0) is 24.3 Å². The molecular formula is C20H27N3O6S. The minimum atomic E-state index is -3.81. The molecule has 2 amide bonds. The third-order valence-corrected chi connectivity index (χ3v) is 7.70. The Kier molecular flexibility index (Phi) is 6.47. The van der Waals surface area contributed by atoms with Crippen molar-refractivity contribution in [3.63, 3.8) is 0 Å². The van der Waals surface area contributed by atoms with Gasteiger partial charge in [0.1, 0.15) is 5.54 Å². The van der Waals surface area contributed by atoms with E-state index < -0.39 is 27.4 Å². The van der Waals surface area contributed by atoms with Crippen molar-refractivity contribution < 1.29 is 27.5 Å². The standard InChI is InChI=1S/C20H27N3O6S/c1-15(24)22-10-12-23(13-11-22)30(27,28)17-7-5-6-16(14-17)18(25)21-20(19(26)29-2)8-3-4-9-20/h5-7,14H,3-4,8-13H2,1-2H3,(H,21,25). The molecule has 0 aromatic heterocycles. The molecule has 0 unspecified atom stereocenters. The summed E-state index contributed by atoms with van der Waals surface area (Å²) < 4.78 is 32.2. The highest BCUT2D eigenvalue weighted by Gasteiger charge is 2.43. The van der Waals surface area contributed by atoms with E-state index in [2.05, 4.69) is 5.32 Å². The van der Waals surface area contributed by atoms with E-state index in [1.807, 2.05) is 0 Å². The summed E-state index contributed by atoms with van der Waals surface area (Å²) in [7, 11) is -2.52. The van der Waals surface area contributed by atoms with Crippen LogP contribution in [0.25, 0.3) is 0 Å². The third kappa shape index (κ3) is 4.34. The average Bonchev–Trinajstić information content (AvgIpc) is 3.22. The first kappa shape index (κ1) is 22.2. The second-order valence-electron chi connectivity index (χ2n) is 7.67. The van der Waals surface area contributed by atoms with E-state index in [1.165, 1.54) is 42.6 Å². The van der Waals surface area contributed by atoms with Gasteiger partial charge in [0.15, 0.2) is 0 Å². The van der Waals surface area contributed by atoms with Crippen LogP contribution in [0.2, 0.25) is 0 Å². The maximum absolute atomic E-state index is 13.0. The van der Waals surface area contributed by atoms with E-state index in [-0.39, 0.29) is 29.5 Å². The minimum Gasteiger partial charge on any atom is -0.467 e. The highest BCUT2D eigenvalue weighted by atomic mass is 32.2. The number of amides is 2. The monoisotopic (exact) mass is 437 g/mol. The molecule has 164 valence electrons. The van der Waals surface area contributed by atoms with Gasteiger partial charge in [-0.1, -0.05) is 18.9 Å². The van der Waals surface area contributed by atoms with E-state index in [4.69, 9.17) is 4.74 Å². The first-order chi connectivity index (χ1) is 14.2. The quantitative estimate of drug-likeness (QED) is 0.681. The number of carbonyl (C=O) groups excluding carboxylic acids is 3. The van der Waals surface area contributed by atoms with Gasteiger partial charge < -0.3 is 15.0 Å². The Morgan fingerprint density at radius 2 is 1.70 bits per heavy atom. The molecule has 9 nitrogen and oxygen atoms in total. The Morgan fingerprint density at radius 3 is 2.27 bits per heavy atom. The van der Waals surface area contributed by atoms with Gasteiger partial charge in [-0.15, -0.1) is 0 Å². The Labute approximate surface area is 176 Å². The number of carbonyl (C=O) groups is 3. The molecule has 2 aliphatic rings. The van der Waals surface area contributed by atoms with Crippen LogP contribution in [0.4, 0.5) is 0 Å². The highest BCUT2D eigenvalue weighted by Crippen LogP contribution is 2.31. The summed E-state index contributed by atoms with van der Waals surface area (Å²) in [5, 5.41) is 2.77. The topological polar surface area (TPSA) is 113 Å². The number of methoxy groups -OCH3 is 1. The summed E-state index contributed by atoms with van der Waals surface area (Å²) in [6, 6.07) is 5.78. The zero-order chi connectivity index (χ0) is 21.9. The lowest BCUT2D eigenvalue weighted by atomic mass is 9.97. The molecular weight excluding hydrogens is 410 g/mol. The maximum atomic E-state index is 13.0. The molecule has 0 bridgehead atoms. The molecule has 0 radical (unpaired) electrons. The van der Waals surface area contributed by atoms with Crippen molar-refractivity contribution in [1.82, 2.24) is 14.5 Å². The molecule has 1 N–H and O–H groups in total. The van der Waals surface area contributed by atoms with Crippen LogP contribution in [0.1, 0.15) is 43.0 Å². The molecule has 2 fully saturated rings. The van der Waals surface area contributed by atoms with Crippen molar-refractivity contribution in [2.24, 2.45) is 0 Å². The van der Waals surface area contributed by atoms with Crippen molar-refractivity contribution in [1.29, 1.82) is 0 Å². The largest absolute Gasteiger partial charge is 0.467 e. The summed E-state index contributed by atoms with van der Waals surface area (Å²) in [4.78, 5) is 38.1. The lowest BCUT2D eigenvalue weighted by Gasteiger charge is -2.33. The number of rotatable bonds is 5. The molecule has 1 aliphatic carbocycles. The van der Waals surface area contributed by atoms with E-state index >= 15 is 0 Å². The normalized spacial score (nSPS) is 19.3. The lowest BCUT2D eigenvalue weighted by molar-refractivity contribution is -0.148. The summed E-state index contributed by atoms with van der Waals surface area (Å²) >= 11 is 0. The number of piperazine rings is 1. The minimum absolute atomic E-state index is 0.00460. The number of esters is 1. The van der Waals surface area contributed by atoms with E-state index in [0.29, 0.717) is 25.9 Å². The fraction of sp³-hybridized carbons (Fsp3) is 0.550. The van der Waals surface area contributed by atoms with Crippen molar-refractivity contribution in [2.75, 3.05) is 33.3 Å². The predicted octanol–water partition coefficient (Wildman–Crippen LogP) is 0.755. The summed E-state index contributed by atoms with van der Waals surface area (Å²) in [6.45, 7) is 2.51. The van der Waals surface area contributed by atoms with Gasteiger partial charge in [0.05, 0.1) is 12.0 Å². The Balaban J connectivity index is 1.78. The molecule has 1 heterocycles. The number of hydrogen-bond acceptors (Lipinski definition) is 6. The van der Waals surface area contributed by atoms with Crippen molar-refractivity contribution in [3.05, 3.63) is 29.8 Å². The van der Waals surface area contributed by atoms with Crippen molar-refractivity contribution >= 4 is 27.8 Å². The molecule has 3 rings (SSSR count). The van der Waals surface area contributed by atoms with Gasteiger partial charge in [0, 0.05) is 38.7 Å². The number of hydrogen-bond donors (Lipinski definition) is 1. The second-order valence-corrected chi connectivity index (χ2v) is 9.61. The fourth-order valence-corrected chi connectivity index (χ4v) is 5.50. The molecule has 0 atom stereocenters. The Morgan fingerprint density at radius 1 is 1.07 bits per heavy atom. The van der Waals surface area contributed by atoms with Gasteiger partial charge in [0.2, 0.25) is 15.9 Å². The van der Waals surface area contributed by atoms with Gasteiger partial charge in [-0.05, 0) is 31.0 Å². The number of nitrogens with zero attached hydrogens (tertiary/aromatic N) is 2. The van der Waals surface area contributed by atoms with E-state index in [0.717, 1.165) is 12.8 Å². The number of ether oxygens (including phenoxy) is 1. The molecule has 1 aromatic rings. The van der Waals surface area contributed by atoms with Crippen molar-refractivity contribution in [3.8, 4) is 0 Å². The van der Waals surface area contributed by atoms with Crippen LogP contribution in [-0.4, -0.2) is 74.2 Å². The molecule has 30 heavy (non-hydrogen) atoms. The molecule has 1 aliphatic heterocycles. The molecule has 10 heteroatoms. The second kappa shape index (κ2) is 8.73. The van der Waals surface area contributed by atoms with Crippen LogP contribution in [0, 0.1) is 0 Å². The van der Waals surface area contributed by atoms with Crippen LogP contribution < -0.4 is 5.32 Å². The fourth-order valence-electron chi connectivity index (χ4n) is 4.03. The zero-order valence-electron chi connectivity index (χ0n) is 17.2. The first-order valence-electron chi connectivity index (χ1n) is 9.96. The smallest absolute Gasteiger partial charge is 0.331 e. The van der Waals surface area contributed by atoms with E-state index in [9.17, 15) is 22.8 Å². The molecule has 1 saturated heterocycles. The molecule has 0 spiro atoms. The molecule has 1 aromatic carbocycles. The average molecular weight is 438 g/mol. The van der Waals surface area contributed by atoms with Gasteiger partial charge in [-0.25, -0.2) is 13.2 Å². The highest BCUT2D eigenvalue weighted by molar-refractivity contribution is 7.89. The van der Waals surface area contributed by atoms with Gasteiger partial charge in [0.25, 0.3) is 5.91 Å². The van der Waals surface area contributed by atoms with Gasteiger partial charge in [-0.3, -0.25) is 9.59 Å². The molecule has 1 saturated carbocycles. The first-order valence-corrected chi connectivity index (χ1v) is 11.4. The van der Waals surface area contributed by atoms with Crippen LogP contribution in [0.15, 0.2) is 29.2 Å². The third-order valence-electron chi connectivity index (χ3n) is 5.80. The summed E-state index contributed by atoms with van der Waals surface area (Å²) in [5.41, 5.74) is -0.905. The summed E-state index contributed by atoms with van der Waals surface area (Å²) in [6.07, 6.45) is 2.58. The summed E-state index contributed by atoms with van der Waals surface area (Å²) in [5.74, 6) is -1.08. The lowest BCUT2D eigenvalue weighted by Crippen LogP contribution is -2.53. The zero-order valence-corrected chi connectivity index (χ0v) is 18.0.